The largest absolute Gasteiger partial charge is 0.372 e. The number of rotatable bonds is 11. The van der Waals surface area contributed by atoms with E-state index in [9.17, 15) is 38.2 Å². The van der Waals surface area contributed by atoms with Crippen molar-refractivity contribution in [1.29, 1.82) is 0 Å². The maximum atomic E-state index is 12.7. The highest BCUT2D eigenvalue weighted by atomic mass is 32.2. The molecule has 36 heavy (non-hydrogen) atoms. The molecule has 0 aliphatic carbocycles. The van der Waals surface area contributed by atoms with Crippen LogP contribution in [0, 0.1) is 20.2 Å². The van der Waals surface area contributed by atoms with Gasteiger partial charge < -0.3 is 16.0 Å². The first-order valence-electron chi connectivity index (χ1n) is 10.8. The molecule has 2 aromatic rings. The lowest BCUT2D eigenvalue weighted by atomic mass is 10.1. The minimum atomic E-state index is -4.17. The number of unbranched alkanes of at least 4 members (excludes halogenated alkanes) is 1. The Bertz CT molecular complexity index is 1230. The van der Waals surface area contributed by atoms with E-state index in [1.165, 1.54) is 12.1 Å². The van der Waals surface area contributed by atoms with Crippen molar-refractivity contribution in [2.24, 2.45) is 0 Å². The van der Waals surface area contributed by atoms with Crippen molar-refractivity contribution in [2.75, 3.05) is 17.2 Å². The van der Waals surface area contributed by atoms with Gasteiger partial charge in [0.25, 0.3) is 27.3 Å². The summed E-state index contributed by atoms with van der Waals surface area (Å²) in [6.07, 6.45) is 1.50. The van der Waals surface area contributed by atoms with E-state index in [2.05, 4.69) is 16.0 Å². The van der Waals surface area contributed by atoms with Crippen LogP contribution in [-0.2, 0) is 10.0 Å². The summed E-state index contributed by atoms with van der Waals surface area (Å²) in [5.41, 5.74) is -1.84. The van der Waals surface area contributed by atoms with Crippen LogP contribution < -0.4 is 20.7 Å². The van der Waals surface area contributed by atoms with E-state index in [4.69, 9.17) is 0 Å². The average molecular weight is 523 g/mol. The first-order chi connectivity index (χ1) is 16.9. The molecular weight excluding hydrogens is 496 g/mol. The monoisotopic (exact) mass is 522 g/mol. The first kappa shape index (κ1) is 28.0. The number of anilines is 2. The van der Waals surface area contributed by atoms with Gasteiger partial charge in [0.05, 0.1) is 20.3 Å². The molecule has 14 nitrogen and oxygen atoms in total. The quantitative estimate of drug-likeness (QED) is 0.194. The van der Waals surface area contributed by atoms with Crippen LogP contribution in [0.15, 0.2) is 41.3 Å². The molecule has 0 aliphatic heterocycles. The number of nitrogens with zero attached hydrogens (tertiary/aromatic N) is 2. The highest BCUT2D eigenvalue weighted by molar-refractivity contribution is 7.90. The summed E-state index contributed by atoms with van der Waals surface area (Å²) in [6, 6.07) is 5.33. The lowest BCUT2D eigenvalue weighted by Gasteiger charge is -2.12. The van der Waals surface area contributed by atoms with Crippen LogP contribution in [0.25, 0.3) is 0 Å². The van der Waals surface area contributed by atoms with Crippen molar-refractivity contribution in [3.63, 3.8) is 0 Å². The fourth-order valence-electron chi connectivity index (χ4n) is 2.98. The van der Waals surface area contributed by atoms with E-state index in [1.54, 1.807) is 13.8 Å². The Morgan fingerprint density at radius 2 is 1.56 bits per heavy atom. The van der Waals surface area contributed by atoms with E-state index >= 15 is 0 Å². The van der Waals surface area contributed by atoms with Crippen molar-refractivity contribution in [3.8, 4) is 0 Å². The fraction of sp³-hybridized carbons (Fsp3) is 0.333. The van der Waals surface area contributed by atoms with Gasteiger partial charge in [0.1, 0.15) is 0 Å². The molecule has 2 rings (SSSR count). The second-order valence-electron chi connectivity index (χ2n) is 7.90. The first-order valence-corrected chi connectivity index (χ1v) is 12.3. The molecule has 2 aromatic carbocycles. The van der Waals surface area contributed by atoms with Gasteiger partial charge in [0.2, 0.25) is 0 Å². The number of carbonyl (C=O) groups is 2. The van der Waals surface area contributed by atoms with Gasteiger partial charge in [-0.2, -0.15) is 0 Å². The van der Waals surface area contributed by atoms with Crippen molar-refractivity contribution in [2.45, 2.75) is 44.6 Å². The molecule has 15 heteroatoms. The lowest BCUT2D eigenvalue weighted by Crippen LogP contribution is -2.39. The van der Waals surface area contributed by atoms with E-state index < -0.39 is 43.2 Å². The smallest absolute Gasteiger partial charge is 0.328 e. The van der Waals surface area contributed by atoms with Crippen LogP contribution in [-0.4, -0.2) is 42.8 Å². The zero-order valence-electron chi connectivity index (χ0n) is 19.7. The summed E-state index contributed by atoms with van der Waals surface area (Å²) in [6.45, 7) is 5.52. The Balaban J connectivity index is 2.25. The van der Waals surface area contributed by atoms with Gasteiger partial charge in [0.15, 0.2) is 5.69 Å². The summed E-state index contributed by atoms with van der Waals surface area (Å²) < 4.78 is 26.6. The van der Waals surface area contributed by atoms with Crippen molar-refractivity contribution < 1.29 is 27.9 Å². The summed E-state index contributed by atoms with van der Waals surface area (Å²) in [4.78, 5) is 45.5. The molecule has 0 radical (unpaired) electrons. The third-order valence-electron chi connectivity index (χ3n) is 4.65. The number of hydrogen-bond acceptors (Lipinski definition) is 9. The number of nitrogens with one attached hydrogen (secondary N) is 4. The Kier molecular flexibility index (Phi) is 9.26. The summed E-state index contributed by atoms with van der Waals surface area (Å²) >= 11 is 0. The molecule has 0 aromatic heterocycles. The van der Waals surface area contributed by atoms with Crippen LogP contribution in [0.4, 0.5) is 27.5 Å². The highest BCUT2D eigenvalue weighted by Gasteiger charge is 2.29. The number of sulfonamides is 1. The lowest BCUT2D eigenvalue weighted by molar-refractivity contribution is -0.392. The molecule has 0 unspecified atom stereocenters. The SMILES string of the molecule is CCCCNC(=O)NS(=O)(=O)c1ccc(NC(=O)c2cc([N+](=O)[O-])c(NC(C)C)c([N+](=O)[O-])c2)cc1. The van der Waals surface area contributed by atoms with Crippen LogP contribution in [0.3, 0.4) is 0 Å². The molecule has 0 atom stereocenters. The van der Waals surface area contributed by atoms with Gasteiger partial charge in [-0.05, 0) is 44.5 Å². The van der Waals surface area contributed by atoms with Crippen molar-refractivity contribution in [3.05, 3.63) is 62.2 Å². The Morgan fingerprint density at radius 3 is 2.03 bits per heavy atom. The number of carbonyl (C=O) groups excluding carboxylic acids is 2. The van der Waals surface area contributed by atoms with Crippen LogP contribution >= 0.6 is 0 Å². The van der Waals surface area contributed by atoms with Crippen LogP contribution in [0.2, 0.25) is 0 Å². The molecular formula is C21H26N6O8S. The number of nitro benzene ring substituents is 2. The highest BCUT2D eigenvalue weighted by Crippen LogP contribution is 2.36. The number of urea groups is 1. The molecule has 4 N–H and O–H groups in total. The number of benzene rings is 2. The van der Waals surface area contributed by atoms with E-state index in [1.807, 2.05) is 11.6 Å². The van der Waals surface area contributed by atoms with Crippen LogP contribution in [0.5, 0.6) is 0 Å². The third kappa shape index (κ3) is 7.36. The molecule has 0 heterocycles. The topological polar surface area (TPSA) is 203 Å². The summed E-state index contributed by atoms with van der Waals surface area (Å²) in [7, 11) is -4.17. The molecule has 3 amide bonds. The molecule has 0 spiro atoms. The number of amides is 3. The Hall–Kier alpha value is -4.27. The predicted molar refractivity (Wildman–Crippen MR) is 132 cm³/mol. The summed E-state index contributed by atoms with van der Waals surface area (Å²) in [5, 5.41) is 30.5. The predicted octanol–water partition coefficient (Wildman–Crippen LogP) is 3.36. The van der Waals surface area contributed by atoms with Gasteiger partial charge >= 0.3 is 6.03 Å². The maximum absolute atomic E-state index is 12.7. The Morgan fingerprint density at radius 1 is 1.00 bits per heavy atom. The molecule has 194 valence electrons. The minimum absolute atomic E-state index is 0.112. The zero-order valence-corrected chi connectivity index (χ0v) is 20.5. The molecule has 0 aliphatic rings. The fourth-order valence-corrected chi connectivity index (χ4v) is 3.91. The second kappa shape index (κ2) is 11.9. The van der Waals surface area contributed by atoms with E-state index in [0.29, 0.717) is 13.0 Å². The van der Waals surface area contributed by atoms with Crippen molar-refractivity contribution >= 4 is 44.7 Å². The van der Waals surface area contributed by atoms with Gasteiger partial charge in [-0.25, -0.2) is 17.9 Å². The molecule has 0 saturated heterocycles. The Labute approximate surface area is 206 Å². The average Bonchev–Trinajstić information content (AvgIpc) is 2.78. The second-order valence-corrected chi connectivity index (χ2v) is 9.58. The standard InChI is InChI=1S/C21H26N6O8S/c1-4-5-10-22-21(29)25-36(34,35)16-8-6-15(7-9-16)24-20(28)14-11-17(26(30)31)19(23-13(2)3)18(12-14)27(32)33/h6-9,11-13,23H,4-5,10H2,1-3H3,(H,24,28)(H2,22,25,29). The molecule has 0 bridgehead atoms. The van der Waals surface area contributed by atoms with Gasteiger partial charge in [0, 0.05) is 30.4 Å². The van der Waals surface area contributed by atoms with Gasteiger partial charge in [-0.3, -0.25) is 25.0 Å². The zero-order chi connectivity index (χ0) is 27.0. The van der Waals surface area contributed by atoms with Crippen molar-refractivity contribution in [1.82, 2.24) is 10.0 Å². The molecule has 0 fully saturated rings. The van der Waals surface area contributed by atoms with E-state index in [0.717, 1.165) is 30.7 Å². The maximum Gasteiger partial charge on any atom is 0.328 e. The van der Waals surface area contributed by atoms with E-state index in [-0.39, 0.29) is 27.9 Å². The molecule has 0 saturated carbocycles. The van der Waals surface area contributed by atoms with Gasteiger partial charge in [-0.1, -0.05) is 13.3 Å². The third-order valence-corrected chi connectivity index (χ3v) is 6.00. The summed E-state index contributed by atoms with van der Waals surface area (Å²) in [5.74, 6) is -0.888. The number of hydrogen-bond donors (Lipinski definition) is 4. The van der Waals surface area contributed by atoms with Gasteiger partial charge in [-0.15, -0.1) is 0 Å². The minimum Gasteiger partial charge on any atom is -0.372 e. The normalized spacial score (nSPS) is 11.0. The number of nitro groups is 2. The van der Waals surface area contributed by atoms with Crippen LogP contribution in [0.1, 0.15) is 44.0 Å².